The summed E-state index contributed by atoms with van der Waals surface area (Å²) in [4.78, 5) is 12.7. The average Bonchev–Trinajstić information content (AvgIpc) is 3.13. The van der Waals surface area contributed by atoms with Gasteiger partial charge in [-0.15, -0.1) is 11.3 Å². The summed E-state index contributed by atoms with van der Waals surface area (Å²) in [6.45, 7) is 3.57. The van der Waals surface area contributed by atoms with Crippen molar-refractivity contribution < 1.29 is 9.53 Å². The Hall–Kier alpha value is -1.66. The van der Waals surface area contributed by atoms with Gasteiger partial charge in [0, 0.05) is 24.2 Å². The number of methoxy groups -OCH3 is 1. The van der Waals surface area contributed by atoms with Crippen LogP contribution in [0.15, 0.2) is 29.8 Å². The maximum Gasteiger partial charge on any atom is 0.307 e. The predicted octanol–water partition coefficient (Wildman–Crippen LogP) is 2.36. The van der Waals surface area contributed by atoms with Crippen LogP contribution >= 0.6 is 11.3 Å². The van der Waals surface area contributed by atoms with Crippen LogP contribution in [-0.4, -0.2) is 22.9 Å². The lowest BCUT2D eigenvalue weighted by atomic mass is 10.1. The summed E-state index contributed by atoms with van der Waals surface area (Å²) in [7, 11) is 1.42. The summed E-state index contributed by atoms with van der Waals surface area (Å²) in [6, 6.07) is 5.98. The van der Waals surface area contributed by atoms with E-state index in [0.717, 1.165) is 17.1 Å². The van der Waals surface area contributed by atoms with Crippen LogP contribution in [0.2, 0.25) is 0 Å². The molecule has 2 aromatic rings. The fourth-order valence-corrected chi connectivity index (χ4v) is 2.84. The maximum absolute atomic E-state index is 11.5. The zero-order chi connectivity index (χ0) is 14.4. The van der Waals surface area contributed by atoms with Crippen LogP contribution in [0.3, 0.4) is 0 Å². The molecule has 2 heterocycles. The Balaban J connectivity index is 2.02. The SMILES string of the molecule is CCn1nccc1CNC(CC(=O)OC)c1cccs1. The molecule has 108 valence electrons. The lowest BCUT2D eigenvalue weighted by Crippen LogP contribution is -2.24. The van der Waals surface area contributed by atoms with Gasteiger partial charge >= 0.3 is 5.97 Å². The van der Waals surface area contributed by atoms with Crippen LogP contribution in [0.1, 0.15) is 30.0 Å². The molecule has 0 fully saturated rings. The molecule has 1 atom stereocenters. The molecule has 0 aliphatic heterocycles. The molecule has 0 aliphatic rings. The number of ether oxygens (including phenoxy) is 1. The molecule has 2 aromatic heterocycles. The third kappa shape index (κ3) is 3.68. The minimum absolute atomic E-state index is 0.0253. The van der Waals surface area contributed by atoms with Crippen molar-refractivity contribution in [3.8, 4) is 0 Å². The van der Waals surface area contributed by atoms with Gasteiger partial charge in [0.2, 0.25) is 0 Å². The van der Waals surface area contributed by atoms with Gasteiger partial charge in [-0.3, -0.25) is 9.48 Å². The third-order valence-corrected chi connectivity index (χ3v) is 4.10. The number of aromatic nitrogens is 2. The molecule has 0 amide bonds. The molecule has 0 spiro atoms. The Morgan fingerprint density at radius 1 is 1.55 bits per heavy atom. The van der Waals surface area contributed by atoms with Gasteiger partial charge in [0.1, 0.15) is 0 Å². The molecule has 0 aromatic carbocycles. The largest absolute Gasteiger partial charge is 0.469 e. The van der Waals surface area contributed by atoms with Crippen LogP contribution in [0.5, 0.6) is 0 Å². The van der Waals surface area contributed by atoms with Gasteiger partial charge in [-0.2, -0.15) is 5.10 Å². The van der Waals surface area contributed by atoms with Gasteiger partial charge in [-0.1, -0.05) is 6.07 Å². The monoisotopic (exact) mass is 293 g/mol. The number of rotatable bonds is 7. The summed E-state index contributed by atoms with van der Waals surface area (Å²) < 4.78 is 6.71. The fourth-order valence-electron chi connectivity index (χ4n) is 2.04. The van der Waals surface area contributed by atoms with E-state index in [0.29, 0.717) is 13.0 Å². The molecule has 0 aliphatic carbocycles. The van der Waals surface area contributed by atoms with E-state index >= 15 is 0 Å². The lowest BCUT2D eigenvalue weighted by molar-refractivity contribution is -0.141. The van der Waals surface area contributed by atoms with Crippen molar-refractivity contribution >= 4 is 17.3 Å². The molecule has 1 unspecified atom stereocenters. The Morgan fingerprint density at radius 3 is 3.05 bits per heavy atom. The summed E-state index contributed by atoms with van der Waals surface area (Å²) in [5, 5.41) is 9.66. The standard InChI is InChI=1S/C14H19N3O2S/c1-3-17-11(6-7-16-17)10-15-12(9-14(18)19-2)13-5-4-8-20-13/h4-8,12,15H,3,9-10H2,1-2H3. The Labute approximate surface area is 122 Å². The zero-order valence-corrected chi connectivity index (χ0v) is 12.5. The van der Waals surface area contributed by atoms with E-state index in [-0.39, 0.29) is 12.0 Å². The van der Waals surface area contributed by atoms with Gasteiger partial charge in [0.15, 0.2) is 0 Å². The average molecular weight is 293 g/mol. The third-order valence-electron chi connectivity index (χ3n) is 3.12. The first-order valence-corrected chi connectivity index (χ1v) is 7.46. The van der Waals surface area contributed by atoms with Crippen LogP contribution in [0.4, 0.5) is 0 Å². The Morgan fingerprint density at radius 2 is 2.40 bits per heavy atom. The number of nitrogens with one attached hydrogen (secondary N) is 1. The quantitative estimate of drug-likeness (QED) is 0.796. The van der Waals surface area contributed by atoms with Gasteiger partial charge in [0.05, 0.1) is 25.3 Å². The maximum atomic E-state index is 11.5. The highest BCUT2D eigenvalue weighted by atomic mass is 32.1. The summed E-state index contributed by atoms with van der Waals surface area (Å²) >= 11 is 1.64. The molecular weight excluding hydrogens is 274 g/mol. The van der Waals surface area contributed by atoms with E-state index in [2.05, 4.69) is 17.3 Å². The molecule has 0 radical (unpaired) electrons. The second kappa shape index (κ2) is 7.21. The molecule has 2 rings (SSSR count). The predicted molar refractivity (Wildman–Crippen MR) is 78.4 cm³/mol. The fraction of sp³-hybridized carbons (Fsp3) is 0.429. The van der Waals surface area contributed by atoms with Crippen molar-refractivity contribution in [2.24, 2.45) is 0 Å². The van der Waals surface area contributed by atoms with Crippen molar-refractivity contribution in [3.05, 3.63) is 40.3 Å². The van der Waals surface area contributed by atoms with Crippen molar-refractivity contribution in [1.82, 2.24) is 15.1 Å². The molecule has 5 nitrogen and oxygen atoms in total. The van der Waals surface area contributed by atoms with E-state index in [1.165, 1.54) is 7.11 Å². The smallest absolute Gasteiger partial charge is 0.307 e. The van der Waals surface area contributed by atoms with Gasteiger partial charge < -0.3 is 10.1 Å². The zero-order valence-electron chi connectivity index (χ0n) is 11.7. The van der Waals surface area contributed by atoms with E-state index in [1.54, 1.807) is 17.5 Å². The number of esters is 1. The minimum Gasteiger partial charge on any atom is -0.469 e. The van der Waals surface area contributed by atoms with Crippen LogP contribution < -0.4 is 5.32 Å². The molecule has 0 saturated carbocycles. The van der Waals surface area contributed by atoms with Crippen molar-refractivity contribution in [2.75, 3.05) is 7.11 Å². The molecule has 0 saturated heterocycles. The summed E-state index contributed by atoms with van der Waals surface area (Å²) in [5.74, 6) is -0.208. The topological polar surface area (TPSA) is 56.2 Å². The van der Waals surface area contributed by atoms with Crippen molar-refractivity contribution in [3.63, 3.8) is 0 Å². The number of nitrogens with zero attached hydrogens (tertiary/aromatic N) is 2. The highest BCUT2D eigenvalue weighted by Gasteiger charge is 2.17. The summed E-state index contributed by atoms with van der Waals surface area (Å²) in [6.07, 6.45) is 2.12. The molecule has 6 heteroatoms. The Bertz CT molecular complexity index is 536. The van der Waals surface area contributed by atoms with Gasteiger partial charge in [0.25, 0.3) is 0 Å². The number of hydrogen-bond acceptors (Lipinski definition) is 5. The molecular formula is C14H19N3O2S. The number of carbonyl (C=O) groups is 1. The van der Waals surface area contributed by atoms with E-state index in [9.17, 15) is 4.79 Å². The van der Waals surface area contributed by atoms with Crippen LogP contribution in [-0.2, 0) is 22.6 Å². The van der Waals surface area contributed by atoms with Crippen molar-refractivity contribution in [2.45, 2.75) is 32.5 Å². The summed E-state index contributed by atoms with van der Waals surface area (Å²) in [5.41, 5.74) is 1.11. The van der Waals surface area contributed by atoms with Gasteiger partial charge in [-0.05, 0) is 24.4 Å². The normalized spacial score (nSPS) is 12.3. The van der Waals surface area contributed by atoms with Crippen molar-refractivity contribution in [1.29, 1.82) is 0 Å². The first-order valence-electron chi connectivity index (χ1n) is 6.59. The van der Waals surface area contributed by atoms with E-state index < -0.39 is 0 Å². The van der Waals surface area contributed by atoms with Gasteiger partial charge in [-0.25, -0.2) is 0 Å². The number of hydrogen-bond donors (Lipinski definition) is 1. The number of thiophene rings is 1. The van der Waals surface area contributed by atoms with E-state index in [4.69, 9.17) is 4.74 Å². The Kier molecular flexibility index (Phi) is 5.31. The second-order valence-electron chi connectivity index (χ2n) is 4.37. The number of aryl methyl sites for hydroxylation is 1. The molecule has 1 N–H and O–H groups in total. The molecule has 0 bridgehead atoms. The number of carbonyl (C=O) groups excluding carboxylic acids is 1. The second-order valence-corrected chi connectivity index (χ2v) is 5.35. The highest BCUT2D eigenvalue weighted by Crippen LogP contribution is 2.22. The van der Waals surface area contributed by atoms with E-state index in [1.807, 2.05) is 28.3 Å². The molecule has 20 heavy (non-hydrogen) atoms. The first-order chi connectivity index (χ1) is 9.74. The van der Waals surface area contributed by atoms with Crippen LogP contribution in [0.25, 0.3) is 0 Å². The van der Waals surface area contributed by atoms with Crippen LogP contribution in [0, 0.1) is 0 Å². The minimum atomic E-state index is -0.208. The lowest BCUT2D eigenvalue weighted by Gasteiger charge is -2.16. The highest BCUT2D eigenvalue weighted by molar-refractivity contribution is 7.10. The first kappa shape index (κ1) is 14.7.